The second-order valence-electron chi connectivity index (χ2n) is 15.6. The molecule has 0 spiro atoms. The number of hydrogen-bond acceptors (Lipinski definition) is 11. The maximum atomic E-state index is 17.8. The van der Waals surface area contributed by atoms with E-state index in [2.05, 4.69) is 16.4 Å². The molecule has 4 aromatic carbocycles. The van der Waals surface area contributed by atoms with E-state index in [0.29, 0.717) is 22.6 Å². The maximum absolute atomic E-state index is 17.8. The van der Waals surface area contributed by atoms with Gasteiger partial charge in [0, 0.05) is 29.4 Å². The molecule has 5 aromatic rings. The number of ether oxygens (including phenoxy) is 4. The molecule has 332 valence electrons. The van der Waals surface area contributed by atoms with Gasteiger partial charge in [0.05, 0.1) is 52.6 Å². The second-order valence-corrected chi connectivity index (χ2v) is 17.0. The highest BCUT2D eigenvalue weighted by molar-refractivity contribution is 7.44. The van der Waals surface area contributed by atoms with Gasteiger partial charge in [-0.05, 0) is 87.7 Å². The molecule has 6 rings (SSSR count). The maximum Gasteiger partial charge on any atom is 0.349 e. The van der Waals surface area contributed by atoms with Gasteiger partial charge >= 0.3 is 5.69 Å². The highest BCUT2D eigenvalue weighted by atomic mass is 31.2. The summed E-state index contributed by atoms with van der Waals surface area (Å²) < 4.78 is 58.9. The molecule has 2 heterocycles. The molecule has 5 atom stereocenters. The third-order valence-electron chi connectivity index (χ3n) is 10.8. The van der Waals surface area contributed by atoms with E-state index in [9.17, 15) is 14.9 Å². The summed E-state index contributed by atoms with van der Waals surface area (Å²) in [6.45, 7) is 9.28. The Labute approximate surface area is 369 Å². The molecule has 63 heavy (non-hydrogen) atoms. The number of amides is 1. The van der Waals surface area contributed by atoms with Gasteiger partial charge in [0.25, 0.3) is 14.4 Å². The van der Waals surface area contributed by atoms with Crippen molar-refractivity contribution < 1.29 is 37.2 Å². The van der Waals surface area contributed by atoms with Gasteiger partial charge in [-0.25, -0.2) is 13.9 Å². The summed E-state index contributed by atoms with van der Waals surface area (Å²) in [5, 5.41) is 12.1. The van der Waals surface area contributed by atoms with Gasteiger partial charge in [-0.15, -0.1) is 0 Å². The molecule has 1 fully saturated rings. The van der Waals surface area contributed by atoms with Gasteiger partial charge in [-0.1, -0.05) is 72.8 Å². The van der Waals surface area contributed by atoms with E-state index in [0.717, 1.165) is 16.7 Å². The Hall–Kier alpha value is -5.52. The van der Waals surface area contributed by atoms with Crippen LogP contribution < -0.4 is 20.5 Å². The zero-order valence-corrected chi connectivity index (χ0v) is 37.5. The Morgan fingerprint density at radius 1 is 0.921 bits per heavy atom. The van der Waals surface area contributed by atoms with Crippen molar-refractivity contribution in [2.75, 3.05) is 39.4 Å². The van der Waals surface area contributed by atoms with Crippen molar-refractivity contribution in [2.24, 2.45) is 0 Å². The fourth-order valence-corrected chi connectivity index (χ4v) is 9.48. The molecular formula is C48H55FN5O8P. The molecular weight excluding hydrogens is 825 g/mol. The van der Waals surface area contributed by atoms with Crippen LogP contribution in [0.4, 0.5) is 10.2 Å². The Morgan fingerprint density at radius 3 is 2.02 bits per heavy atom. The molecule has 1 N–H and O–H groups in total. The third kappa shape index (κ3) is 10.8. The van der Waals surface area contributed by atoms with Crippen LogP contribution in [-0.4, -0.2) is 84.6 Å². The predicted octanol–water partition coefficient (Wildman–Crippen LogP) is 8.77. The molecule has 0 radical (unpaired) electrons. The fraction of sp³-hybridized carbons (Fsp3) is 0.375. The van der Waals surface area contributed by atoms with Crippen molar-refractivity contribution >= 4 is 20.3 Å². The monoisotopic (exact) mass is 879 g/mol. The lowest BCUT2D eigenvalue weighted by molar-refractivity contribution is -0.163. The normalized spacial score (nSPS) is 18.3. The smallest absolute Gasteiger partial charge is 0.349 e. The van der Waals surface area contributed by atoms with Gasteiger partial charge in [0.1, 0.15) is 35.1 Å². The zero-order chi connectivity index (χ0) is 45.1. The van der Waals surface area contributed by atoms with Crippen molar-refractivity contribution in [2.45, 2.75) is 83.1 Å². The van der Waals surface area contributed by atoms with Gasteiger partial charge < -0.3 is 33.3 Å². The number of nitrogens with zero attached hydrogens (tertiary/aromatic N) is 4. The van der Waals surface area contributed by atoms with E-state index in [-0.39, 0.29) is 44.1 Å². The molecule has 1 aliphatic heterocycles. The summed E-state index contributed by atoms with van der Waals surface area (Å²) in [7, 11) is 1.22. The quantitative estimate of drug-likeness (QED) is 0.0483. The number of nitrogens with one attached hydrogen (secondary N) is 1. The molecule has 1 aliphatic rings. The van der Waals surface area contributed by atoms with Crippen LogP contribution in [0.3, 0.4) is 0 Å². The number of carbonyl (C=O) groups is 1. The van der Waals surface area contributed by atoms with Crippen molar-refractivity contribution in [3.63, 3.8) is 0 Å². The van der Waals surface area contributed by atoms with Gasteiger partial charge in [-0.3, -0.25) is 9.36 Å². The number of aromatic nitrogens is 2. The molecule has 1 saturated heterocycles. The van der Waals surface area contributed by atoms with Crippen molar-refractivity contribution in [1.29, 1.82) is 5.26 Å². The van der Waals surface area contributed by atoms with Crippen LogP contribution in [0.5, 0.6) is 11.5 Å². The van der Waals surface area contributed by atoms with Crippen LogP contribution in [0.2, 0.25) is 0 Å². The lowest BCUT2D eigenvalue weighted by Gasteiger charge is -2.44. The number of hydrogen-bond donors (Lipinski definition) is 1. The summed E-state index contributed by atoms with van der Waals surface area (Å²) in [5.41, 5.74) is 1.11. The summed E-state index contributed by atoms with van der Waals surface area (Å²) >= 11 is 0. The lowest BCUT2D eigenvalue weighted by Crippen LogP contribution is -2.54. The van der Waals surface area contributed by atoms with Crippen molar-refractivity contribution in [3.05, 3.63) is 154 Å². The predicted molar refractivity (Wildman–Crippen MR) is 240 cm³/mol. The van der Waals surface area contributed by atoms with E-state index in [1.165, 1.54) is 10.8 Å². The van der Waals surface area contributed by atoms with Crippen LogP contribution in [0.1, 0.15) is 72.8 Å². The number of anilines is 1. The average Bonchev–Trinajstić information content (AvgIpc) is 3.29. The first-order valence-electron chi connectivity index (χ1n) is 20.9. The van der Waals surface area contributed by atoms with E-state index in [1.807, 2.05) is 111 Å². The average molecular weight is 880 g/mol. The zero-order valence-electron chi connectivity index (χ0n) is 36.6. The Bertz CT molecular complexity index is 2290. The number of methoxy groups -OCH3 is 2. The first kappa shape index (κ1) is 47.0. The number of alkyl halides is 1. The molecule has 0 saturated carbocycles. The number of halogens is 1. The third-order valence-corrected chi connectivity index (χ3v) is 12.9. The topological polar surface area (TPSA) is 146 Å². The largest absolute Gasteiger partial charge is 0.497 e. The number of carbonyl (C=O) groups excluding carboxylic acids is 1. The summed E-state index contributed by atoms with van der Waals surface area (Å²) in [5.74, 6) is 0.929. The fourth-order valence-electron chi connectivity index (χ4n) is 7.72. The van der Waals surface area contributed by atoms with Gasteiger partial charge in [-0.2, -0.15) is 10.2 Å². The molecule has 0 aliphatic carbocycles. The molecule has 1 aromatic heterocycles. The van der Waals surface area contributed by atoms with E-state index in [4.69, 9.17) is 28.0 Å². The Morgan fingerprint density at radius 2 is 1.48 bits per heavy atom. The lowest BCUT2D eigenvalue weighted by atomic mass is 9.80. The molecule has 13 nitrogen and oxygen atoms in total. The van der Waals surface area contributed by atoms with Crippen LogP contribution in [-0.2, 0) is 24.1 Å². The number of rotatable bonds is 19. The molecule has 1 amide bonds. The summed E-state index contributed by atoms with van der Waals surface area (Å²) in [6, 6.07) is 34.2. The summed E-state index contributed by atoms with van der Waals surface area (Å²) in [4.78, 5) is 31.0. The van der Waals surface area contributed by atoms with E-state index >= 15 is 4.39 Å². The number of aryl methyl sites for hydroxylation is 1. The minimum absolute atomic E-state index is 0.0536. The SMILES string of the molecule is COc1ccc(C(OC[C@H]2OC[C@@H](n3cc(C)c(NC(=O)c4ccccc4)nc3=O)[C@H](F)[C@@H]2OP(OCCC#N)N(C(C)C)C(C)C)(c2ccccc2)c2ccc(OC)cc2)cc1. The minimum atomic E-state index is -1.98. The standard InChI is InChI=1S/C48H55FN5O8P/c1-32(2)54(33(3)4)63(61-28-14-27-50)62-44-42(59-30-41(43(44)49)53-29-34(5)45(52-47(53)56)51-46(55)35-15-10-8-11-16-35)31-60-48(36-17-12-9-13-18-36,37-19-23-39(57-6)24-20-37)38-21-25-40(58-7)26-22-38/h8-13,15-26,29,32-33,41-44H,14,28,30-31H2,1-7H3,(H,51,52,55,56)/t41-,42-,43+,44-,63?/m1/s1. The van der Waals surface area contributed by atoms with Gasteiger partial charge in [0.2, 0.25) is 0 Å². The highest BCUT2D eigenvalue weighted by Crippen LogP contribution is 2.50. The van der Waals surface area contributed by atoms with Crippen LogP contribution in [0.25, 0.3) is 0 Å². The molecule has 0 bridgehead atoms. The number of nitriles is 1. The first-order valence-corrected chi connectivity index (χ1v) is 22.0. The summed E-state index contributed by atoms with van der Waals surface area (Å²) in [6.07, 6.45) is -2.66. The number of benzene rings is 4. The van der Waals surface area contributed by atoms with Crippen LogP contribution in [0, 0.1) is 18.3 Å². The van der Waals surface area contributed by atoms with Crippen molar-refractivity contribution in [3.8, 4) is 17.6 Å². The Balaban J connectivity index is 1.41. The molecule has 1 unspecified atom stereocenters. The van der Waals surface area contributed by atoms with Crippen LogP contribution in [0.15, 0.2) is 120 Å². The first-order chi connectivity index (χ1) is 30.4. The van der Waals surface area contributed by atoms with E-state index < -0.39 is 50.1 Å². The second kappa shape index (κ2) is 21.7. The Kier molecular flexibility index (Phi) is 16.2. The molecule has 15 heteroatoms. The van der Waals surface area contributed by atoms with E-state index in [1.54, 1.807) is 51.5 Å². The minimum Gasteiger partial charge on any atom is -0.497 e. The van der Waals surface area contributed by atoms with Crippen molar-refractivity contribution in [1.82, 2.24) is 14.2 Å². The van der Waals surface area contributed by atoms with Crippen LogP contribution >= 0.6 is 8.53 Å². The highest BCUT2D eigenvalue weighted by Gasteiger charge is 2.48. The van der Waals surface area contributed by atoms with Gasteiger partial charge in [0.15, 0.2) is 6.17 Å².